The summed E-state index contributed by atoms with van der Waals surface area (Å²) in [5.41, 5.74) is 1.79. The highest BCUT2D eigenvalue weighted by Crippen LogP contribution is 2.20. The first-order valence-corrected chi connectivity index (χ1v) is 13.0. The average molecular weight is 492 g/mol. The number of hydrogen-bond acceptors (Lipinski definition) is 5. The summed E-state index contributed by atoms with van der Waals surface area (Å²) in [7, 11) is -7.64. The third kappa shape index (κ3) is 6.53. The van der Waals surface area contributed by atoms with Crippen molar-refractivity contribution >= 4 is 43.0 Å². The van der Waals surface area contributed by atoms with Gasteiger partial charge in [0.05, 0.1) is 16.8 Å². The van der Waals surface area contributed by atoms with Crippen LogP contribution in [0, 0.1) is 12.7 Å². The highest BCUT2D eigenvalue weighted by molar-refractivity contribution is 7.92. The van der Waals surface area contributed by atoms with Gasteiger partial charge in [-0.3, -0.25) is 13.8 Å². The lowest BCUT2D eigenvalue weighted by Crippen LogP contribution is -2.37. The molecule has 174 valence electrons. The number of benzene rings is 3. The van der Waals surface area contributed by atoms with Crippen molar-refractivity contribution in [2.75, 3.05) is 27.1 Å². The molecule has 33 heavy (non-hydrogen) atoms. The van der Waals surface area contributed by atoms with Gasteiger partial charge in [-0.05, 0) is 67.6 Å². The summed E-state index contributed by atoms with van der Waals surface area (Å²) in [6, 6.07) is 16.9. The van der Waals surface area contributed by atoms with Gasteiger partial charge in [0.1, 0.15) is 12.4 Å². The maximum atomic E-state index is 13.0. The van der Waals surface area contributed by atoms with Gasteiger partial charge >= 0.3 is 0 Å². The van der Waals surface area contributed by atoms with E-state index in [-0.39, 0.29) is 16.3 Å². The number of anilines is 3. The highest BCUT2D eigenvalue weighted by atomic mass is 32.2. The fraction of sp³-hybridized carbons (Fsp3) is 0.136. The Morgan fingerprint density at radius 3 is 1.94 bits per heavy atom. The Morgan fingerprint density at radius 2 is 1.39 bits per heavy atom. The molecule has 0 saturated heterocycles. The van der Waals surface area contributed by atoms with Crippen LogP contribution in [0.25, 0.3) is 0 Å². The first-order chi connectivity index (χ1) is 15.4. The summed E-state index contributed by atoms with van der Waals surface area (Å²) in [4.78, 5) is 12.4. The molecule has 0 aliphatic rings. The van der Waals surface area contributed by atoms with E-state index in [4.69, 9.17) is 0 Å². The number of sulfonamides is 2. The van der Waals surface area contributed by atoms with Crippen LogP contribution in [-0.2, 0) is 24.8 Å². The van der Waals surface area contributed by atoms with Crippen LogP contribution in [0.4, 0.5) is 21.5 Å². The zero-order valence-corrected chi connectivity index (χ0v) is 19.5. The summed E-state index contributed by atoms with van der Waals surface area (Å²) >= 11 is 0. The standard InChI is InChI=1S/C22H22FN3O5S2/c1-16-3-11-20(12-4-16)26(32(2,28)29)15-22(27)24-18-9-13-21(14-10-18)33(30,31)25-19-7-5-17(23)6-8-19/h3-14,25H,15H2,1-2H3,(H,24,27). The summed E-state index contributed by atoms with van der Waals surface area (Å²) in [6.07, 6.45) is 1.01. The van der Waals surface area contributed by atoms with Gasteiger partial charge < -0.3 is 5.32 Å². The molecule has 3 aromatic rings. The summed E-state index contributed by atoms with van der Waals surface area (Å²) in [6.45, 7) is 1.41. The van der Waals surface area contributed by atoms with Crippen molar-refractivity contribution in [1.29, 1.82) is 0 Å². The predicted molar refractivity (Wildman–Crippen MR) is 126 cm³/mol. The molecule has 3 rings (SSSR count). The molecule has 0 unspecified atom stereocenters. The molecular formula is C22H22FN3O5S2. The number of carbonyl (C=O) groups excluding carboxylic acids is 1. The van der Waals surface area contributed by atoms with Crippen molar-refractivity contribution in [3.63, 3.8) is 0 Å². The maximum absolute atomic E-state index is 13.0. The van der Waals surface area contributed by atoms with E-state index in [0.29, 0.717) is 5.69 Å². The molecule has 0 bridgehead atoms. The third-order valence-corrected chi connectivity index (χ3v) is 7.09. The van der Waals surface area contributed by atoms with Gasteiger partial charge in [0.15, 0.2) is 0 Å². The van der Waals surface area contributed by atoms with Gasteiger partial charge in [0.2, 0.25) is 15.9 Å². The van der Waals surface area contributed by atoms with Crippen LogP contribution >= 0.6 is 0 Å². The Hall–Kier alpha value is -3.44. The second-order valence-electron chi connectivity index (χ2n) is 7.29. The Kier molecular flexibility index (Phi) is 7.04. The number of nitrogens with one attached hydrogen (secondary N) is 2. The number of rotatable bonds is 8. The molecular weight excluding hydrogens is 469 g/mol. The van der Waals surface area contributed by atoms with Gasteiger partial charge in [0, 0.05) is 11.4 Å². The first kappa shape index (κ1) is 24.2. The molecule has 0 saturated carbocycles. The summed E-state index contributed by atoms with van der Waals surface area (Å²) in [5.74, 6) is -1.09. The molecule has 0 aromatic heterocycles. The second-order valence-corrected chi connectivity index (χ2v) is 10.9. The van der Waals surface area contributed by atoms with Crippen molar-refractivity contribution in [3.8, 4) is 0 Å². The van der Waals surface area contributed by atoms with E-state index in [0.717, 1.165) is 28.3 Å². The normalized spacial score (nSPS) is 11.6. The second kappa shape index (κ2) is 9.59. The Morgan fingerprint density at radius 1 is 0.848 bits per heavy atom. The molecule has 0 heterocycles. The monoisotopic (exact) mass is 491 g/mol. The summed E-state index contributed by atoms with van der Waals surface area (Å²) < 4.78 is 65.7. The zero-order valence-electron chi connectivity index (χ0n) is 17.8. The van der Waals surface area contributed by atoms with Crippen LogP contribution in [0.15, 0.2) is 77.7 Å². The molecule has 2 N–H and O–H groups in total. The average Bonchev–Trinajstić information content (AvgIpc) is 2.74. The fourth-order valence-corrected chi connectivity index (χ4v) is 4.81. The quantitative estimate of drug-likeness (QED) is 0.502. The molecule has 1 amide bonds. The lowest BCUT2D eigenvalue weighted by atomic mass is 10.2. The van der Waals surface area contributed by atoms with E-state index in [1.807, 2.05) is 6.92 Å². The van der Waals surface area contributed by atoms with Crippen LogP contribution in [0.3, 0.4) is 0 Å². The first-order valence-electron chi connectivity index (χ1n) is 9.67. The van der Waals surface area contributed by atoms with Crippen molar-refractivity contribution in [1.82, 2.24) is 0 Å². The van der Waals surface area contributed by atoms with Crippen molar-refractivity contribution in [2.45, 2.75) is 11.8 Å². The Balaban J connectivity index is 1.70. The molecule has 0 spiro atoms. The SMILES string of the molecule is Cc1ccc(N(CC(=O)Nc2ccc(S(=O)(=O)Nc3ccc(F)cc3)cc2)S(C)(=O)=O)cc1. The third-order valence-electron chi connectivity index (χ3n) is 4.55. The molecule has 0 radical (unpaired) electrons. The minimum atomic E-state index is -3.92. The van der Waals surface area contributed by atoms with E-state index in [1.165, 1.54) is 36.4 Å². The van der Waals surface area contributed by atoms with E-state index in [9.17, 15) is 26.0 Å². The molecule has 0 aliphatic carbocycles. The van der Waals surface area contributed by atoms with Gasteiger partial charge in [0.25, 0.3) is 10.0 Å². The molecule has 8 nitrogen and oxygen atoms in total. The molecule has 3 aromatic carbocycles. The topological polar surface area (TPSA) is 113 Å². The van der Waals surface area contributed by atoms with Crippen LogP contribution in [0.5, 0.6) is 0 Å². The lowest BCUT2D eigenvalue weighted by Gasteiger charge is -2.22. The number of carbonyl (C=O) groups is 1. The Labute approximate surface area is 192 Å². The van der Waals surface area contributed by atoms with E-state index in [1.54, 1.807) is 24.3 Å². The van der Waals surface area contributed by atoms with Crippen molar-refractivity contribution < 1.29 is 26.0 Å². The van der Waals surface area contributed by atoms with Gasteiger partial charge in [-0.2, -0.15) is 0 Å². The minimum absolute atomic E-state index is 0.0674. The highest BCUT2D eigenvalue weighted by Gasteiger charge is 2.21. The van der Waals surface area contributed by atoms with E-state index >= 15 is 0 Å². The maximum Gasteiger partial charge on any atom is 0.261 e. The number of hydrogen-bond donors (Lipinski definition) is 2. The Bertz CT molecular complexity index is 1340. The van der Waals surface area contributed by atoms with Crippen molar-refractivity contribution in [3.05, 3.63) is 84.2 Å². The van der Waals surface area contributed by atoms with Gasteiger partial charge in [-0.1, -0.05) is 17.7 Å². The van der Waals surface area contributed by atoms with Crippen LogP contribution in [0.2, 0.25) is 0 Å². The lowest BCUT2D eigenvalue weighted by molar-refractivity contribution is -0.114. The van der Waals surface area contributed by atoms with Gasteiger partial charge in [-0.25, -0.2) is 21.2 Å². The molecule has 0 atom stereocenters. The largest absolute Gasteiger partial charge is 0.325 e. The van der Waals surface area contributed by atoms with Crippen LogP contribution < -0.4 is 14.3 Å². The number of aryl methyl sites for hydroxylation is 1. The molecule has 0 aliphatic heterocycles. The number of halogens is 1. The van der Waals surface area contributed by atoms with E-state index < -0.39 is 38.3 Å². The molecule has 0 fully saturated rings. The smallest absolute Gasteiger partial charge is 0.261 e. The van der Waals surface area contributed by atoms with Crippen LogP contribution in [-0.4, -0.2) is 35.5 Å². The van der Waals surface area contributed by atoms with Gasteiger partial charge in [-0.15, -0.1) is 0 Å². The summed E-state index contributed by atoms with van der Waals surface area (Å²) in [5, 5.41) is 2.56. The number of amides is 1. The van der Waals surface area contributed by atoms with Crippen LogP contribution in [0.1, 0.15) is 5.56 Å². The zero-order chi connectivity index (χ0) is 24.2. The predicted octanol–water partition coefficient (Wildman–Crippen LogP) is 3.34. The molecule has 11 heteroatoms. The fourth-order valence-electron chi connectivity index (χ4n) is 2.89. The van der Waals surface area contributed by atoms with E-state index in [2.05, 4.69) is 10.0 Å². The number of nitrogens with zero attached hydrogens (tertiary/aromatic N) is 1. The minimum Gasteiger partial charge on any atom is -0.325 e. The van der Waals surface area contributed by atoms with Crippen molar-refractivity contribution in [2.24, 2.45) is 0 Å².